The number of benzene rings is 1. The second kappa shape index (κ2) is 4.32. The zero-order valence-electron chi connectivity index (χ0n) is 7.84. The molecule has 0 aliphatic carbocycles. The highest BCUT2D eigenvalue weighted by atomic mass is 16.1. The molecule has 2 aromatic rings. The Hall–Kier alpha value is -2.23. The molecule has 4 nitrogen and oxygen atoms in total. The van der Waals surface area contributed by atoms with E-state index in [0.717, 1.165) is 0 Å². The first-order valence-electron chi connectivity index (χ1n) is 4.41. The lowest BCUT2D eigenvalue weighted by Gasteiger charge is -2.05. The van der Waals surface area contributed by atoms with Crippen LogP contribution in [0.4, 0.5) is 11.6 Å². The lowest BCUT2D eigenvalue weighted by Crippen LogP contribution is -1.98. The number of carbonyl (C=O) groups excluding carboxylic acids is 1. The molecular formula is C11H8N3O. The molecule has 73 valence electrons. The summed E-state index contributed by atoms with van der Waals surface area (Å²) in [4.78, 5) is 18.6. The molecule has 0 atom stereocenters. The van der Waals surface area contributed by atoms with Crippen molar-refractivity contribution in [2.45, 2.75) is 0 Å². The Balaban J connectivity index is 2.28. The first-order chi connectivity index (χ1) is 7.40. The van der Waals surface area contributed by atoms with Crippen LogP contribution in [0.3, 0.4) is 0 Å². The van der Waals surface area contributed by atoms with Gasteiger partial charge in [0, 0.05) is 18.0 Å². The van der Waals surface area contributed by atoms with E-state index in [1.54, 1.807) is 36.7 Å². The molecule has 0 bridgehead atoms. The molecule has 0 amide bonds. The van der Waals surface area contributed by atoms with Crippen molar-refractivity contribution in [3.8, 4) is 0 Å². The van der Waals surface area contributed by atoms with Gasteiger partial charge in [0.15, 0.2) is 0 Å². The third kappa shape index (κ3) is 2.17. The van der Waals surface area contributed by atoms with Gasteiger partial charge in [-0.15, -0.1) is 0 Å². The molecular weight excluding hydrogens is 190 g/mol. The van der Waals surface area contributed by atoms with Crippen molar-refractivity contribution in [2.75, 3.05) is 5.32 Å². The normalized spacial score (nSPS) is 9.60. The first kappa shape index (κ1) is 9.33. The van der Waals surface area contributed by atoms with Crippen molar-refractivity contribution in [3.63, 3.8) is 0 Å². The number of rotatable bonds is 3. The maximum atomic E-state index is 10.6. The Morgan fingerprint density at radius 1 is 1.07 bits per heavy atom. The average Bonchev–Trinajstić information content (AvgIpc) is 2.31. The van der Waals surface area contributed by atoms with Gasteiger partial charge < -0.3 is 5.32 Å². The van der Waals surface area contributed by atoms with E-state index in [2.05, 4.69) is 15.3 Å². The lowest BCUT2D eigenvalue weighted by atomic mass is 10.2. The van der Waals surface area contributed by atoms with Gasteiger partial charge in [0.05, 0.1) is 5.69 Å². The third-order valence-electron chi connectivity index (χ3n) is 1.85. The molecule has 1 aromatic carbocycles. The SMILES string of the molecule is O=[C]c1ccccc1Nc1ncccn1. The molecule has 0 spiro atoms. The predicted molar refractivity (Wildman–Crippen MR) is 56.6 cm³/mol. The zero-order valence-corrected chi connectivity index (χ0v) is 7.84. The summed E-state index contributed by atoms with van der Waals surface area (Å²) in [7, 11) is 0. The fourth-order valence-electron chi connectivity index (χ4n) is 1.17. The number of hydrogen-bond acceptors (Lipinski definition) is 4. The van der Waals surface area contributed by atoms with E-state index in [9.17, 15) is 4.79 Å². The van der Waals surface area contributed by atoms with Crippen LogP contribution in [0.2, 0.25) is 0 Å². The highest BCUT2D eigenvalue weighted by Gasteiger charge is 2.01. The van der Waals surface area contributed by atoms with Gasteiger partial charge in [-0.25, -0.2) is 9.97 Å². The zero-order chi connectivity index (χ0) is 10.5. The van der Waals surface area contributed by atoms with Crippen LogP contribution in [0.15, 0.2) is 42.7 Å². The molecule has 1 heterocycles. The summed E-state index contributed by atoms with van der Waals surface area (Å²) in [5.41, 5.74) is 1.11. The summed E-state index contributed by atoms with van der Waals surface area (Å²) in [6, 6.07) is 8.78. The monoisotopic (exact) mass is 198 g/mol. The Kier molecular flexibility index (Phi) is 2.69. The van der Waals surface area contributed by atoms with Crippen molar-refractivity contribution in [1.29, 1.82) is 0 Å². The standard InChI is InChI=1S/C11H8N3O/c15-8-9-4-1-2-5-10(9)14-11-12-6-3-7-13-11/h1-7H,(H,12,13,14). The summed E-state index contributed by atoms with van der Waals surface area (Å²) >= 11 is 0. The minimum Gasteiger partial charge on any atom is -0.323 e. The fourth-order valence-corrected chi connectivity index (χ4v) is 1.17. The minimum atomic E-state index is 0.459. The van der Waals surface area contributed by atoms with Gasteiger partial charge in [0.25, 0.3) is 0 Å². The van der Waals surface area contributed by atoms with E-state index in [-0.39, 0.29) is 0 Å². The predicted octanol–water partition coefficient (Wildman–Crippen LogP) is 1.68. The number of anilines is 2. The van der Waals surface area contributed by atoms with Gasteiger partial charge in [-0.3, -0.25) is 4.79 Å². The first-order valence-corrected chi connectivity index (χ1v) is 4.41. The van der Waals surface area contributed by atoms with Crippen LogP contribution in [-0.4, -0.2) is 16.3 Å². The molecule has 0 aliphatic heterocycles. The van der Waals surface area contributed by atoms with Crippen LogP contribution in [0.5, 0.6) is 0 Å². The van der Waals surface area contributed by atoms with Crippen molar-refractivity contribution >= 4 is 17.9 Å². The van der Waals surface area contributed by atoms with E-state index >= 15 is 0 Å². The van der Waals surface area contributed by atoms with Gasteiger partial charge in [0.1, 0.15) is 0 Å². The quantitative estimate of drug-likeness (QED) is 0.815. The summed E-state index contributed by atoms with van der Waals surface area (Å²) in [6.45, 7) is 0. The van der Waals surface area contributed by atoms with Crippen molar-refractivity contribution in [1.82, 2.24) is 9.97 Å². The van der Waals surface area contributed by atoms with Gasteiger partial charge in [0.2, 0.25) is 12.2 Å². The molecule has 15 heavy (non-hydrogen) atoms. The third-order valence-corrected chi connectivity index (χ3v) is 1.85. The molecule has 0 saturated carbocycles. The summed E-state index contributed by atoms with van der Waals surface area (Å²) in [5.74, 6) is 0.459. The number of nitrogens with one attached hydrogen (secondary N) is 1. The summed E-state index contributed by atoms with van der Waals surface area (Å²) in [6.07, 6.45) is 5.10. The molecule has 1 radical (unpaired) electrons. The Labute approximate surface area is 87.0 Å². The smallest absolute Gasteiger partial charge is 0.235 e. The molecule has 0 fully saturated rings. The van der Waals surface area contributed by atoms with Crippen LogP contribution in [-0.2, 0) is 4.79 Å². The van der Waals surface area contributed by atoms with E-state index in [0.29, 0.717) is 17.2 Å². The maximum Gasteiger partial charge on any atom is 0.235 e. The van der Waals surface area contributed by atoms with Crippen molar-refractivity contribution in [2.24, 2.45) is 0 Å². The molecule has 0 aliphatic rings. The molecule has 0 unspecified atom stereocenters. The maximum absolute atomic E-state index is 10.6. The van der Waals surface area contributed by atoms with Crippen molar-refractivity contribution in [3.05, 3.63) is 48.3 Å². The van der Waals surface area contributed by atoms with Gasteiger partial charge >= 0.3 is 0 Å². The van der Waals surface area contributed by atoms with Crippen LogP contribution in [0, 0.1) is 0 Å². The average molecular weight is 198 g/mol. The lowest BCUT2D eigenvalue weighted by molar-refractivity contribution is 0.563. The fraction of sp³-hybridized carbons (Fsp3) is 0. The van der Waals surface area contributed by atoms with E-state index in [1.165, 1.54) is 0 Å². The topological polar surface area (TPSA) is 54.9 Å². The number of hydrogen-bond donors (Lipinski definition) is 1. The molecule has 1 N–H and O–H groups in total. The minimum absolute atomic E-state index is 0.459. The second-order valence-electron chi connectivity index (χ2n) is 2.85. The second-order valence-corrected chi connectivity index (χ2v) is 2.85. The summed E-state index contributed by atoms with van der Waals surface area (Å²) < 4.78 is 0. The van der Waals surface area contributed by atoms with Crippen LogP contribution < -0.4 is 5.32 Å². The largest absolute Gasteiger partial charge is 0.323 e. The van der Waals surface area contributed by atoms with Crippen LogP contribution >= 0.6 is 0 Å². The highest BCUT2D eigenvalue weighted by Crippen LogP contribution is 2.15. The van der Waals surface area contributed by atoms with Gasteiger partial charge in [-0.2, -0.15) is 0 Å². The molecule has 1 aromatic heterocycles. The van der Waals surface area contributed by atoms with Crippen molar-refractivity contribution < 1.29 is 4.79 Å². The summed E-state index contributed by atoms with van der Waals surface area (Å²) in [5, 5.41) is 2.94. The number of aromatic nitrogens is 2. The Bertz CT molecular complexity index is 456. The van der Waals surface area contributed by atoms with Crippen LogP contribution in [0.25, 0.3) is 0 Å². The Morgan fingerprint density at radius 3 is 2.53 bits per heavy atom. The van der Waals surface area contributed by atoms with Gasteiger partial charge in [-0.1, -0.05) is 12.1 Å². The van der Waals surface area contributed by atoms with E-state index < -0.39 is 0 Å². The Morgan fingerprint density at radius 2 is 1.80 bits per heavy atom. The molecule has 2 rings (SSSR count). The van der Waals surface area contributed by atoms with E-state index in [4.69, 9.17) is 0 Å². The highest BCUT2D eigenvalue weighted by molar-refractivity contribution is 5.85. The van der Waals surface area contributed by atoms with Crippen LogP contribution in [0.1, 0.15) is 5.56 Å². The van der Waals surface area contributed by atoms with Gasteiger partial charge in [-0.05, 0) is 18.2 Å². The number of nitrogens with zero attached hydrogens (tertiary/aromatic N) is 2. The number of para-hydroxylation sites is 1. The molecule has 0 saturated heterocycles. The van der Waals surface area contributed by atoms with E-state index in [1.807, 2.05) is 12.4 Å². The molecule has 4 heteroatoms.